The van der Waals surface area contributed by atoms with E-state index in [9.17, 15) is 4.79 Å². The van der Waals surface area contributed by atoms with Gasteiger partial charge in [-0.3, -0.25) is 9.69 Å². The van der Waals surface area contributed by atoms with Gasteiger partial charge >= 0.3 is 0 Å². The molecule has 1 unspecified atom stereocenters. The predicted octanol–water partition coefficient (Wildman–Crippen LogP) is 0.877. The van der Waals surface area contributed by atoms with Crippen LogP contribution >= 0.6 is 0 Å². The van der Waals surface area contributed by atoms with E-state index < -0.39 is 0 Å². The summed E-state index contributed by atoms with van der Waals surface area (Å²) < 4.78 is 6.03. The zero-order valence-corrected chi connectivity index (χ0v) is 17.0. The Morgan fingerprint density at radius 3 is 2.31 bits per heavy atom. The van der Waals surface area contributed by atoms with Crippen LogP contribution in [0.15, 0.2) is 0 Å². The van der Waals surface area contributed by atoms with Crippen LogP contribution in [-0.2, 0) is 9.53 Å². The maximum atomic E-state index is 11.8. The van der Waals surface area contributed by atoms with Crippen molar-refractivity contribution in [3.63, 3.8) is 0 Å². The summed E-state index contributed by atoms with van der Waals surface area (Å²) in [6, 6.07) is 0. The lowest BCUT2D eigenvalue weighted by Gasteiger charge is -2.40. The average Bonchev–Trinajstić information content (AvgIpc) is 3.03. The molecule has 0 aliphatic carbocycles. The molecular formula is C20H38N4O2. The van der Waals surface area contributed by atoms with Crippen LogP contribution in [0.3, 0.4) is 0 Å². The van der Waals surface area contributed by atoms with Gasteiger partial charge in [0, 0.05) is 51.7 Å². The minimum atomic E-state index is 0.0499. The van der Waals surface area contributed by atoms with E-state index in [1.807, 2.05) is 13.8 Å². The minimum absolute atomic E-state index is 0.0499. The van der Waals surface area contributed by atoms with Crippen molar-refractivity contribution >= 4 is 5.91 Å². The molecule has 3 rings (SSSR count). The highest BCUT2D eigenvalue weighted by molar-refractivity contribution is 5.77. The number of likely N-dealkylation sites (N-methyl/N-ethyl adjacent to an activating group) is 1. The summed E-state index contributed by atoms with van der Waals surface area (Å²) >= 11 is 0. The van der Waals surface area contributed by atoms with Gasteiger partial charge in [0.05, 0.1) is 12.7 Å². The normalized spacial score (nSPS) is 28.1. The molecule has 3 aliphatic rings. The first kappa shape index (κ1) is 20.1. The molecule has 3 heterocycles. The zero-order chi connectivity index (χ0) is 18.6. The van der Waals surface area contributed by atoms with Gasteiger partial charge in [0.1, 0.15) is 0 Å². The number of rotatable bonds is 6. The fraction of sp³-hybridized carbons (Fsp3) is 0.950. The van der Waals surface area contributed by atoms with Crippen molar-refractivity contribution in [1.29, 1.82) is 0 Å². The lowest BCUT2D eigenvalue weighted by molar-refractivity contribution is -0.124. The Hall–Kier alpha value is -0.690. The molecule has 0 aromatic rings. The number of ether oxygens (including phenoxy) is 1. The van der Waals surface area contributed by atoms with Gasteiger partial charge in [0.2, 0.25) is 5.91 Å². The van der Waals surface area contributed by atoms with Crippen LogP contribution in [-0.4, -0.2) is 99.3 Å². The lowest BCUT2D eigenvalue weighted by atomic mass is 9.76. The number of piperazine rings is 1. The number of carbonyl (C=O) groups excluding carboxylic acids is 1. The highest BCUT2D eigenvalue weighted by atomic mass is 16.5. The van der Waals surface area contributed by atoms with Gasteiger partial charge in [-0.05, 0) is 44.8 Å². The highest BCUT2D eigenvalue weighted by Crippen LogP contribution is 2.41. The van der Waals surface area contributed by atoms with E-state index in [1.54, 1.807) is 0 Å². The van der Waals surface area contributed by atoms with E-state index in [1.165, 1.54) is 65.2 Å². The van der Waals surface area contributed by atoms with Crippen LogP contribution < -0.4 is 5.32 Å². The standard InChI is InChI=1S/C20H38N4O2/c1-17(2)19(25)21-15-18-14-20(16-26-18)4-6-23(7-5-20)12-13-24-10-8-22(3)9-11-24/h17-18H,4-16H2,1-3H3,(H,21,25). The van der Waals surface area contributed by atoms with E-state index in [0.29, 0.717) is 12.0 Å². The summed E-state index contributed by atoms with van der Waals surface area (Å²) in [5, 5.41) is 3.03. The van der Waals surface area contributed by atoms with Crippen LogP contribution in [0.4, 0.5) is 0 Å². The first-order chi connectivity index (χ1) is 12.5. The van der Waals surface area contributed by atoms with Crippen molar-refractivity contribution in [2.45, 2.75) is 39.2 Å². The second-order valence-electron chi connectivity index (χ2n) is 9.02. The first-order valence-corrected chi connectivity index (χ1v) is 10.5. The Morgan fingerprint density at radius 2 is 1.69 bits per heavy atom. The number of likely N-dealkylation sites (tertiary alicyclic amines) is 1. The maximum absolute atomic E-state index is 11.8. The predicted molar refractivity (Wildman–Crippen MR) is 104 cm³/mol. The quantitative estimate of drug-likeness (QED) is 0.756. The lowest BCUT2D eigenvalue weighted by Crippen LogP contribution is -2.48. The Bertz CT molecular complexity index is 455. The molecule has 0 radical (unpaired) electrons. The summed E-state index contributed by atoms with van der Waals surface area (Å²) in [4.78, 5) is 19.4. The molecule has 0 aromatic carbocycles. The third-order valence-electron chi connectivity index (χ3n) is 6.56. The van der Waals surface area contributed by atoms with Gasteiger partial charge in [0.15, 0.2) is 0 Å². The highest BCUT2D eigenvalue weighted by Gasteiger charge is 2.42. The van der Waals surface area contributed by atoms with Gasteiger partial charge < -0.3 is 19.9 Å². The molecule has 3 saturated heterocycles. The molecule has 0 saturated carbocycles. The van der Waals surface area contributed by atoms with Gasteiger partial charge in [0.25, 0.3) is 0 Å². The van der Waals surface area contributed by atoms with E-state index in [4.69, 9.17) is 4.74 Å². The molecule has 0 aromatic heterocycles. The number of carbonyl (C=O) groups is 1. The summed E-state index contributed by atoms with van der Waals surface area (Å²) in [5.41, 5.74) is 0.359. The summed E-state index contributed by atoms with van der Waals surface area (Å²) in [5.74, 6) is 0.183. The van der Waals surface area contributed by atoms with Gasteiger partial charge in [-0.1, -0.05) is 13.8 Å². The zero-order valence-electron chi connectivity index (χ0n) is 17.0. The number of nitrogens with one attached hydrogen (secondary N) is 1. The number of hydrogen-bond acceptors (Lipinski definition) is 5. The smallest absolute Gasteiger partial charge is 0.222 e. The Kier molecular flexibility index (Phi) is 6.94. The Labute approximate surface area is 159 Å². The maximum Gasteiger partial charge on any atom is 0.222 e. The van der Waals surface area contributed by atoms with Gasteiger partial charge in [-0.2, -0.15) is 0 Å². The number of piperidine rings is 1. The van der Waals surface area contributed by atoms with Crippen LogP contribution in [0.5, 0.6) is 0 Å². The topological polar surface area (TPSA) is 48.1 Å². The summed E-state index contributed by atoms with van der Waals surface area (Å²) in [7, 11) is 2.21. The monoisotopic (exact) mass is 366 g/mol. The molecule has 6 heteroatoms. The minimum Gasteiger partial charge on any atom is -0.376 e. The molecule has 1 atom stereocenters. The number of hydrogen-bond donors (Lipinski definition) is 1. The SMILES string of the molecule is CC(C)C(=O)NCC1CC2(CCN(CCN3CCN(C)CC3)CC2)CO1. The van der Waals surface area contributed by atoms with E-state index in [-0.39, 0.29) is 17.9 Å². The number of amides is 1. The van der Waals surface area contributed by atoms with Crippen molar-refractivity contribution in [2.75, 3.05) is 72.6 Å². The van der Waals surface area contributed by atoms with E-state index in [0.717, 1.165) is 13.0 Å². The first-order valence-electron chi connectivity index (χ1n) is 10.5. The Morgan fingerprint density at radius 1 is 1.08 bits per heavy atom. The van der Waals surface area contributed by atoms with Crippen LogP contribution in [0.1, 0.15) is 33.1 Å². The number of nitrogens with zero attached hydrogens (tertiary/aromatic N) is 3. The van der Waals surface area contributed by atoms with Crippen molar-refractivity contribution in [3.05, 3.63) is 0 Å². The van der Waals surface area contributed by atoms with Gasteiger partial charge in [-0.15, -0.1) is 0 Å². The molecule has 1 amide bonds. The molecule has 3 aliphatic heterocycles. The third-order valence-corrected chi connectivity index (χ3v) is 6.56. The van der Waals surface area contributed by atoms with E-state index in [2.05, 4.69) is 27.1 Å². The molecule has 26 heavy (non-hydrogen) atoms. The third kappa shape index (κ3) is 5.41. The summed E-state index contributed by atoms with van der Waals surface area (Å²) in [6.07, 6.45) is 3.79. The van der Waals surface area contributed by atoms with Gasteiger partial charge in [-0.25, -0.2) is 0 Å². The second-order valence-corrected chi connectivity index (χ2v) is 9.02. The molecule has 0 bridgehead atoms. The van der Waals surface area contributed by atoms with Crippen LogP contribution in [0, 0.1) is 11.3 Å². The fourth-order valence-electron chi connectivity index (χ4n) is 4.40. The van der Waals surface area contributed by atoms with Crippen LogP contribution in [0.25, 0.3) is 0 Å². The van der Waals surface area contributed by atoms with Crippen molar-refractivity contribution < 1.29 is 9.53 Å². The van der Waals surface area contributed by atoms with E-state index >= 15 is 0 Å². The molecule has 150 valence electrons. The summed E-state index contributed by atoms with van der Waals surface area (Å²) in [6.45, 7) is 15.1. The molecule has 1 spiro atoms. The largest absolute Gasteiger partial charge is 0.376 e. The van der Waals surface area contributed by atoms with Crippen molar-refractivity contribution in [2.24, 2.45) is 11.3 Å². The second kappa shape index (κ2) is 9.00. The molecule has 1 N–H and O–H groups in total. The van der Waals surface area contributed by atoms with Crippen LogP contribution in [0.2, 0.25) is 0 Å². The van der Waals surface area contributed by atoms with Crippen molar-refractivity contribution in [3.8, 4) is 0 Å². The Balaban J connectivity index is 1.34. The van der Waals surface area contributed by atoms with Crippen molar-refractivity contribution in [1.82, 2.24) is 20.0 Å². The fourth-order valence-corrected chi connectivity index (χ4v) is 4.40. The molecule has 3 fully saturated rings. The average molecular weight is 367 g/mol. The molecule has 6 nitrogen and oxygen atoms in total. The molecular weight excluding hydrogens is 328 g/mol.